The molecule has 0 aliphatic carbocycles. The van der Waals surface area contributed by atoms with E-state index in [2.05, 4.69) is 0 Å². The van der Waals surface area contributed by atoms with E-state index in [0.29, 0.717) is 0 Å². The largest absolute Gasteiger partial charge is 0.417 e. The Morgan fingerprint density at radius 2 is 0.875 bits per heavy atom. The van der Waals surface area contributed by atoms with Crippen molar-refractivity contribution in [2.45, 2.75) is 12.4 Å². The topological polar surface area (TPSA) is 95.2 Å². The van der Waals surface area contributed by atoms with Crippen molar-refractivity contribution in [2.24, 2.45) is 0 Å². The van der Waals surface area contributed by atoms with E-state index in [1.807, 2.05) is 0 Å². The molecule has 120 valence electrons. The molecule has 10 heteroatoms. The summed E-state index contributed by atoms with van der Waals surface area (Å²) in [4.78, 5) is 0. The molecule has 0 bridgehead atoms. The lowest BCUT2D eigenvalue weighted by atomic mass is 9.99. The zero-order chi connectivity index (χ0) is 18.7. The van der Waals surface area contributed by atoms with E-state index in [0.717, 1.165) is 24.3 Å². The monoisotopic (exact) mass is 340 g/mol. The second-order valence-electron chi connectivity index (χ2n) is 4.14. The zero-order valence-corrected chi connectivity index (χ0v) is 11.2. The van der Waals surface area contributed by atoms with Gasteiger partial charge in [0.2, 0.25) is 0 Å². The van der Waals surface area contributed by atoms with Gasteiger partial charge in [-0.15, -0.1) is 0 Å². The fourth-order valence-electron chi connectivity index (χ4n) is 1.77. The lowest BCUT2D eigenvalue weighted by molar-refractivity contribution is -0.142. The molecule has 0 aromatic heterocycles. The molecule has 0 aliphatic heterocycles. The van der Waals surface area contributed by atoms with Gasteiger partial charge in [-0.25, -0.2) is 0 Å². The third kappa shape index (κ3) is 3.45. The minimum absolute atomic E-state index is 0.0609. The fourth-order valence-corrected chi connectivity index (χ4v) is 1.77. The van der Waals surface area contributed by atoms with Crippen LogP contribution in [-0.4, -0.2) is 0 Å². The summed E-state index contributed by atoms with van der Waals surface area (Å²) in [6.07, 6.45) is -10.4. The molecule has 0 fully saturated rings. The molecule has 1 rings (SSSR count). The quantitative estimate of drug-likeness (QED) is 0.676. The van der Waals surface area contributed by atoms with Gasteiger partial charge in [0.25, 0.3) is 0 Å². The fraction of sp³-hybridized carbons (Fsp3) is 0.143. The zero-order valence-electron chi connectivity index (χ0n) is 11.2. The molecule has 0 spiro atoms. The first kappa shape index (κ1) is 18.5. The number of nitrogens with zero attached hydrogens (tertiary/aromatic N) is 4. The molecule has 0 radical (unpaired) electrons. The maximum atomic E-state index is 13.1. The minimum Gasteiger partial charge on any atom is -0.192 e. The summed E-state index contributed by atoms with van der Waals surface area (Å²) in [6, 6.07) is 4.23. The lowest BCUT2D eigenvalue weighted by Gasteiger charge is -2.13. The molecule has 0 aliphatic rings. The Morgan fingerprint density at radius 1 is 0.625 bits per heavy atom. The number of nitriles is 4. The van der Waals surface area contributed by atoms with Crippen LogP contribution in [0, 0.1) is 45.3 Å². The van der Waals surface area contributed by atoms with Crippen molar-refractivity contribution in [3.63, 3.8) is 0 Å². The number of rotatable bonds is 0. The van der Waals surface area contributed by atoms with Gasteiger partial charge in [-0.05, 0) is 12.1 Å². The third-order valence-electron chi connectivity index (χ3n) is 2.75. The minimum atomic E-state index is -5.22. The highest BCUT2D eigenvalue weighted by molar-refractivity contribution is 5.76. The van der Waals surface area contributed by atoms with Crippen molar-refractivity contribution < 1.29 is 26.3 Å². The van der Waals surface area contributed by atoms with E-state index in [1.54, 1.807) is 0 Å². The van der Waals surface area contributed by atoms with Gasteiger partial charge in [0.1, 0.15) is 35.4 Å². The maximum absolute atomic E-state index is 13.1. The molecule has 0 N–H and O–H groups in total. The van der Waals surface area contributed by atoms with Crippen LogP contribution in [-0.2, 0) is 12.4 Å². The number of alkyl halides is 6. The average Bonchev–Trinajstić information content (AvgIpc) is 2.48. The molecule has 1 aromatic rings. The normalized spacial score (nSPS) is 10.8. The second kappa shape index (κ2) is 6.32. The molecule has 4 nitrogen and oxygen atoms in total. The Bertz CT molecular complexity index is 858. The summed E-state index contributed by atoms with van der Waals surface area (Å²) in [5.74, 6) is 0. The molecule has 0 saturated heterocycles. The van der Waals surface area contributed by atoms with Crippen molar-refractivity contribution in [3.8, 4) is 24.3 Å². The summed E-state index contributed by atoms with van der Waals surface area (Å²) in [6.45, 7) is 0. The van der Waals surface area contributed by atoms with Crippen LogP contribution in [0.1, 0.15) is 11.1 Å². The second-order valence-corrected chi connectivity index (χ2v) is 4.14. The van der Waals surface area contributed by atoms with Crippen molar-refractivity contribution in [1.29, 1.82) is 21.0 Å². The molecule has 0 saturated carbocycles. The van der Waals surface area contributed by atoms with Crippen molar-refractivity contribution in [2.75, 3.05) is 0 Å². The molecule has 0 heterocycles. The molecular weight excluding hydrogens is 338 g/mol. The van der Waals surface area contributed by atoms with E-state index in [-0.39, 0.29) is 12.1 Å². The van der Waals surface area contributed by atoms with Crippen LogP contribution in [0.15, 0.2) is 12.1 Å². The van der Waals surface area contributed by atoms with E-state index >= 15 is 0 Å². The van der Waals surface area contributed by atoms with Crippen LogP contribution in [0.25, 0.3) is 11.1 Å². The molecule has 24 heavy (non-hydrogen) atoms. The van der Waals surface area contributed by atoms with Crippen LogP contribution in [0.5, 0.6) is 0 Å². The maximum Gasteiger partial charge on any atom is 0.417 e. The number of hydrogen-bond donors (Lipinski definition) is 0. The number of hydrogen-bond acceptors (Lipinski definition) is 4. The molecule has 0 unspecified atom stereocenters. The lowest BCUT2D eigenvalue weighted by Crippen LogP contribution is -2.31. The highest BCUT2D eigenvalue weighted by Gasteiger charge is 2.38. The van der Waals surface area contributed by atoms with E-state index < -0.39 is 45.1 Å². The molecule has 0 atom stereocenters. The summed E-state index contributed by atoms with van der Waals surface area (Å²) in [5, 5.41) is 32.1. The Morgan fingerprint density at radius 3 is 1.04 bits per heavy atom. The summed E-state index contributed by atoms with van der Waals surface area (Å²) < 4.78 is 78.4. The van der Waals surface area contributed by atoms with Crippen molar-refractivity contribution in [1.82, 2.24) is 0 Å². The third-order valence-corrected chi connectivity index (χ3v) is 2.75. The van der Waals surface area contributed by atoms with Gasteiger partial charge in [0.05, 0.1) is 11.1 Å². The number of benzene rings is 1. The average molecular weight is 340 g/mol. The first-order chi connectivity index (χ1) is 11.0. The van der Waals surface area contributed by atoms with Crippen molar-refractivity contribution in [3.05, 3.63) is 33.7 Å². The van der Waals surface area contributed by atoms with Gasteiger partial charge in [0.15, 0.2) is 0 Å². The Hall–Kier alpha value is -3.50. The molecule has 0 amide bonds. The van der Waals surface area contributed by atoms with Gasteiger partial charge in [-0.3, -0.25) is 0 Å². The van der Waals surface area contributed by atoms with Crippen LogP contribution >= 0.6 is 0 Å². The molecule has 1 aromatic carbocycles. The summed E-state index contributed by atoms with van der Waals surface area (Å²) >= 11 is 0. The number of halogens is 6. The van der Waals surface area contributed by atoms with Crippen LogP contribution < -0.4 is 10.4 Å². The predicted molar refractivity (Wildman–Crippen MR) is 65.0 cm³/mol. The van der Waals surface area contributed by atoms with E-state index in [1.165, 1.54) is 0 Å². The van der Waals surface area contributed by atoms with Crippen molar-refractivity contribution >= 4 is 11.1 Å². The van der Waals surface area contributed by atoms with Gasteiger partial charge >= 0.3 is 12.4 Å². The van der Waals surface area contributed by atoms with Crippen LogP contribution in [0.4, 0.5) is 26.3 Å². The summed E-state index contributed by atoms with van der Waals surface area (Å²) in [7, 11) is 0. The Balaban J connectivity index is 4.40. The molecular formula is C14H2F6N4. The summed E-state index contributed by atoms with van der Waals surface area (Å²) in [5.41, 5.74) is -5.83. The van der Waals surface area contributed by atoms with Gasteiger partial charge < -0.3 is 0 Å². The van der Waals surface area contributed by atoms with E-state index in [9.17, 15) is 26.3 Å². The van der Waals surface area contributed by atoms with Crippen LogP contribution in [0.3, 0.4) is 0 Å². The highest BCUT2D eigenvalue weighted by Crippen LogP contribution is 2.30. The Kier molecular flexibility index (Phi) is 4.88. The first-order valence-corrected chi connectivity index (χ1v) is 5.68. The Labute approximate surface area is 130 Å². The smallest absolute Gasteiger partial charge is 0.192 e. The predicted octanol–water partition coefficient (Wildman–Crippen LogP) is 2.12. The van der Waals surface area contributed by atoms with Gasteiger partial charge in [-0.1, -0.05) is 0 Å². The van der Waals surface area contributed by atoms with Crippen LogP contribution in [0.2, 0.25) is 0 Å². The van der Waals surface area contributed by atoms with E-state index in [4.69, 9.17) is 21.0 Å². The SMILES string of the molecule is N#CC(C#N)=c1cc(C(F)(F)F)c(=C(C#N)C#N)cc1C(F)(F)F. The standard InChI is InChI=1S/C14H2F6N4/c15-13(16,17)11-1-9(7(3-21)4-22)12(14(18,19)20)2-10(11)8(5-23)6-24/h1-2H. The van der Waals surface area contributed by atoms with Gasteiger partial charge in [0, 0.05) is 10.4 Å². The first-order valence-electron chi connectivity index (χ1n) is 5.68. The van der Waals surface area contributed by atoms with Gasteiger partial charge in [-0.2, -0.15) is 47.4 Å². The highest BCUT2D eigenvalue weighted by atomic mass is 19.4.